The van der Waals surface area contributed by atoms with Crippen LogP contribution in [0.15, 0.2) is 37.0 Å². The number of carbonyl (C=O) groups excluding carboxylic acids is 1. The third-order valence-electron chi connectivity index (χ3n) is 1.82. The van der Waals surface area contributed by atoms with Crippen molar-refractivity contribution in [3.63, 3.8) is 0 Å². The van der Waals surface area contributed by atoms with Gasteiger partial charge in [0.25, 0.3) is 0 Å². The topological polar surface area (TPSA) is 29.1 Å². The molecular formula is C11H12ClNO. The minimum atomic E-state index is -0.0186. The SMILES string of the molecule is C=CNC(=O)CCc1ccc(Cl)cc1. The van der Waals surface area contributed by atoms with E-state index in [2.05, 4.69) is 11.9 Å². The van der Waals surface area contributed by atoms with Crippen molar-refractivity contribution in [1.29, 1.82) is 0 Å². The molecule has 0 fully saturated rings. The minimum absolute atomic E-state index is 0.0186. The molecule has 14 heavy (non-hydrogen) atoms. The summed E-state index contributed by atoms with van der Waals surface area (Å²) in [5.74, 6) is -0.0186. The van der Waals surface area contributed by atoms with Crippen molar-refractivity contribution in [3.05, 3.63) is 47.6 Å². The van der Waals surface area contributed by atoms with E-state index >= 15 is 0 Å². The number of aryl methyl sites for hydroxylation is 1. The first-order chi connectivity index (χ1) is 6.72. The van der Waals surface area contributed by atoms with Crippen molar-refractivity contribution in [2.24, 2.45) is 0 Å². The molecule has 0 aliphatic heterocycles. The van der Waals surface area contributed by atoms with E-state index in [1.54, 1.807) is 0 Å². The molecule has 3 heteroatoms. The van der Waals surface area contributed by atoms with E-state index in [1.165, 1.54) is 6.20 Å². The Labute approximate surface area is 88.6 Å². The molecule has 1 rings (SSSR count). The fraction of sp³-hybridized carbons (Fsp3) is 0.182. The van der Waals surface area contributed by atoms with Crippen LogP contribution in [0.25, 0.3) is 0 Å². The number of rotatable bonds is 4. The molecule has 1 aromatic rings. The highest BCUT2D eigenvalue weighted by Crippen LogP contribution is 2.10. The van der Waals surface area contributed by atoms with Gasteiger partial charge in [0.1, 0.15) is 0 Å². The van der Waals surface area contributed by atoms with Crippen LogP contribution in [-0.2, 0) is 11.2 Å². The lowest BCUT2D eigenvalue weighted by Crippen LogP contribution is -2.16. The Hall–Kier alpha value is -1.28. The second-order valence-electron chi connectivity index (χ2n) is 2.90. The molecule has 0 saturated heterocycles. The molecule has 0 spiro atoms. The molecule has 0 unspecified atom stereocenters. The van der Waals surface area contributed by atoms with E-state index in [-0.39, 0.29) is 5.91 Å². The average molecular weight is 210 g/mol. The third kappa shape index (κ3) is 3.62. The summed E-state index contributed by atoms with van der Waals surface area (Å²) >= 11 is 5.73. The van der Waals surface area contributed by atoms with Crippen molar-refractivity contribution >= 4 is 17.5 Å². The van der Waals surface area contributed by atoms with Crippen LogP contribution in [-0.4, -0.2) is 5.91 Å². The summed E-state index contributed by atoms with van der Waals surface area (Å²) in [5.41, 5.74) is 1.11. The van der Waals surface area contributed by atoms with Gasteiger partial charge in [-0.1, -0.05) is 30.3 Å². The summed E-state index contributed by atoms with van der Waals surface area (Å²) in [6.45, 7) is 3.42. The zero-order valence-electron chi connectivity index (χ0n) is 7.79. The van der Waals surface area contributed by atoms with Gasteiger partial charge in [0.05, 0.1) is 0 Å². The molecule has 2 nitrogen and oxygen atoms in total. The quantitative estimate of drug-likeness (QED) is 0.811. The summed E-state index contributed by atoms with van der Waals surface area (Å²) in [5, 5.41) is 3.24. The van der Waals surface area contributed by atoms with Crippen molar-refractivity contribution in [2.45, 2.75) is 12.8 Å². The van der Waals surface area contributed by atoms with Gasteiger partial charge in [0.2, 0.25) is 5.91 Å². The lowest BCUT2D eigenvalue weighted by molar-refractivity contribution is -0.120. The number of carbonyl (C=O) groups is 1. The number of nitrogens with one attached hydrogen (secondary N) is 1. The van der Waals surface area contributed by atoms with Gasteiger partial charge in [-0.25, -0.2) is 0 Å². The molecule has 0 bridgehead atoms. The molecule has 74 valence electrons. The van der Waals surface area contributed by atoms with Crippen molar-refractivity contribution < 1.29 is 4.79 Å². The maximum Gasteiger partial charge on any atom is 0.224 e. The molecule has 0 aromatic heterocycles. The second-order valence-corrected chi connectivity index (χ2v) is 3.33. The van der Waals surface area contributed by atoms with Crippen molar-refractivity contribution in [1.82, 2.24) is 5.32 Å². The van der Waals surface area contributed by atoms with Gasteiger partial charge in [-0.15, -0.1) is 0 Å². The maximum absolute atomic E-state index is 11.1. The van der Waals surface area contributed by atoms with E-state index < -0.39 is 0 Å². The first kappa shape index (κ1) is 10.8. The number of hydrogen-bond donors (Lipinski definition) is 1. The second kappa shape index (κ2) is 5.45. The first-order valence-corrected chi connectivity index (χ1v) is 4.75. The zero-order chi connectivity index (χ0) is 10.4. The Kier molecular flexibility index (Phi) is 4.20. The molecule has 0 radical (unpaired) electrons. The van der Waals surface area contributed by atoms with Gasteiger partial charge in [0, 0.05) is 11.4 Å². The lowest BCUT2D eigenvalue weighted by Gasteiger charge is -2.00. The van der Waals surface area contributed by atoms with Crippen LogP contribution < -0.4 is 5.32 Å². The lowest BCUT2D eigenvalue weighted by atomic mass is 10.1. The Balaban J connectivity index is 2.41. The van der Waals surface area contributed by atoms with Gasteiger partial charge in [-0.2, -0.15) is 0 Å². The third-order valence-corrected chi connectivity index (χ3v) is 2.07. The highest BCUT2D eigenvalue weighted by molar-refractivity contribution is 6.30. The molecular weight excluding hydrogens is 198 g/mol. The fourth-order valence-corrected chi connectivity index (χ4v) is 1.22. The molecule has 1 amide bonds. The predicted octanol–water partition coefficient (Wildman–Crippen LogP) is 2.53. The Morgan fingerprint density at radius 3 is 2.64 bits per heavy atom. The van der Waals surface area contributed by atoms with Crippen LogP contribution >= 0.6 is 11.6 Å². The molecule has 0 atom stereocenters. The van der Waals surface area contributed by atoms with E-state index in [0.29, 0.717) is 11.4 Å². The van der Waals surface area contributed by atoms with Crippen LogP contribution in [0.1, 0.15) is 12.0 Å². The highest BCUT2D eigenvalue weighted by atomic mass is 35.5. The smallest absolute Gasteiger partial charge is 0.224 e. The predicted molar refractivity (Wildman–Crippen MR) is 58.1 cm³/mol. The van der Waals surface area contributed by atoms with Gasteiger partial charge in [-0.05, 0) is 30.3 Å². The summed E-state index contributed by atoms with van der Waals surface area (Å²) in [6, 6.07) is 7.48. The maximum atomic E-state index is 11.1. The van der Waals surface area contributed by atoms with Crippen molar-refractivity contribution in [3.8, 4) is 0 Å². The molecule has 0 aliphatic rings. The standard InChI is InChI=1S/C11H12ClNO/c1-2-13-11(14)8-5-9-3-6-10(12)7-4-9/h2-4,6-7H,1,5,8H2,(H,13,14). The van der Waals surface area contributed by atoms with Crippen LogP contribution in [0.5, 0.6) is 0 Å². The fourth-order valence-electron chi connectivity index (χ4n) is 1.09. The Morgan fingerprint density at radius 1 is 1.43 bits per heavy atom. The first-order valence-electron chi connectivity index (χ1n) is 4.37. The molecule has 1 aromatic carbocycles. The van der Waals surface area contributed by atoms with Crippen LogP contribution in [0, 0.1) is 0 Å². The van der Waals surface area contributed by atoms with E-state index in [0.717, 1.165) is 12.0 Å². The molecule has 0 aliphatic carbocycles. The van der Waals surface area contributed by atoms with Crippen LogP contribution in [0.4, 0.5) is 0 Å². The van der Waals surface area contributed by atoms with Gasteiger partial charge in [-0.3, -0.25) is 4.79 Å². The Morgan fingerprint density at radius 2 is 2.07 bits per heavy atom. The van der Waals surface area contributed by atoms with Gasteiger partial charge >= 0.3 is 0 Å². The van der Waals surface area contributed by atoms with Crippen LogP contribution in [0.2, 0.25) is 5.02 Å². The number of hydrogen-bond acceptors (Lipinski definition) is 1. The summed E-state index contributed by atoms with van der Waals surface area (Å²) in [7, 11) is 0. The summed E-state index contributed by atoms with van der Waals surface area (Å²) < 4.78 is 0. The van der Waals surface area contributed by atoms with Gasteiger partial charge < -0.3 is 5.32 Å². The van der Waals surface area contributed by atoms with Gasteiger partial charge in [0.15, 0.2) is 0 Å². The number of halogens is 1. The number of benzene rings is 1. The van der Waals surface area contributed by atoms with E-state index in [9.17, 15) is 4.79 Å². The Bertz CT molecular complexity index is 319. The summed E-state index contributed by atoms with van der Waals surface area (Å²) in [6.07, 6.45) is 2.58. The van der Waals surface area contributed by atoms with Crippen LogP contribution in [0.3, 0.4) is 0 Å². The molecule has 0 heterocycles. The zero-order valence-corrected chi connectivity index (χ0v) is 8.55. The summed E-state index contributed by atoms with van der Waals surface area (Å²) in [4.78, 5) is 11.1. The number of amides is 1. The average Bonchev–Trinajstić information content (AvgIpc) is 2.17. The van der Waals surface area contributed by atoms with Crippen molar-refractivity contribution in [2.75, 3.05) is 0 Å². The highest BCUT2D eigenvalue weighted by Gasteiger charge is 1.99. The normalized spacial score (nSPS) is 9.50. The molecule has 0 saturated carbocycles. The monoisotopic (exact) mass is 209 g/mol. The molecule has 1 N–H and O–H groups in total. The van der Waals surface area contributed by atoms with E-state index in [1.807, 2.05) is 24.3 Å². The van der Waals surface area contributed by atoms with E-state index in [4.69, 9.17) is 11.6 Å². The minimum Gasteiger partial charge on any atom is -0.333 e. The largest absolute Gasteiger partial charge is 0.333 e.